The van der Waals surface area contributed by atoms with Gasteiger partial charge >= 0.3 is 0 Å². The summed E-state index contributed by atoms with van der Waals surface area (Å²) in [4.78, 5) is 0. The summed E-state index contributed by atoms with van der Waals surface area (Å²) in [6.07, 6.45) is 0. The van der Waals surface area contributed by atoms with Gasteiger partial charge in [-0.25, -0.2) is 8.42 Å². The van der Waals surface area contributed by atoms with E-state index in [4.69, 9.17) is 16.3 Å². The van der Waals surface area contributed by atoms with Gasteiger partial charge in [-0.05, 0) is 17.7 Å². The minimum Gasteiger partial charge on any atom is -0.492 e. The van der Waals surface area contributed by atoms with Crippen LogP contribution >= 0.6 is 11.6 Å². The summed E-state index contributed by atoms with van der Waals surface area (Å²) in [5.41, 5.74) is 1.49. The molecule has 0 spiro atoms. The molecular formula is C16H16ClNO3S. The number of hydrogen-bond donors (Lipinski definition) is 0. The molecule has 0 saturated heterocycles. The Balaban J connectivity index is 1.85. The highest BCUT2D eigenvalue weighted by Gasteiger charge is 2.26. The maximum absolute atomic E-state index is 12.7. The monoisotopic (exact) mass is 337 g/mol. The molecule has 1 heterocycles. The van der Waals surface area contributed by atoms with Crippen molar-refractivity contribution >= 4 is 21.6 Å². The van der Waals surface area contributed by atoms with Gasteiger partial charge in [0.2, 0.25) is 10.0 Å². The molecule has 0 bridgehead atoms. The minimum atomic E-state index is -3.46. The zero-order chi connectivity index (χ0) is 15.6. The molecule has 2 aromatic rings. The molecule has 1 aliphatic heterocycles. The standard InChI is InChI=1S/C16H16ClNO3S/c17-15-7-3-1-6-14(15)12-22(19,20)18-9-10-21-16-8-4-2-5-13(16)11-18/h1-8H,9-12H2. The maximum atomic E-state index is 12.7. The van der Waals surface area contributed by atoms with Crippen LogP contribution < -0.4 is 4.74 Å². The molecular weight excluding hydrogens is 322 g/mol. The second-order valence-corrected chi connectivity index (χ2v) is 7.51. The van der Waals surface area contributed by atoms with Crippen molar-refractivity contribution in [2.75, 3.05) is 13.2 Å². The quantitative estimate of drug-likeness (QED) is 0.864. The zero-order valence-corrected chi connectivity index (χ0v) is 13.5. The number of benzene rings is 2. The SMILES string of the molecule is O=S(=O)(Cc1ccccc1Cl)N1CCOc2ccccc2C1. The predicted octanol–water partition coefficient (Wildman–Crippen LogP) is 3.06. The molecule has 0 saturated carbocycles. The molecule has 0 aromatic heterocycles. The summed E-state index contributed by atoms with van der Waals surface area (Å²) < 4.78 is 32.4. The summed E-state index contributed by atoms with van der Waals surface area (Å²) in [7, 11) is -3.46. The normalized spacial score (nSPS) is 15.7. The smallest absolute Gasteiger partial charge is 0.218 e. The molecule has 0 N–H and O–H groups in total. The number of hydrogen-bond acceptors (Lipinski definition) is 3. The lowest BCUT2D eigenvalue weighted by Gasteiger charge is -2.19. The second kappa shape index (κ2) is 6.28. The number of para-hydroxylation sites is 1. The topological polar surface area (TPSA) is 46.6 Å². The Morgan fingerprint density at radius 1 is 1.09 bits per heavy atom. The van der Waals surface area contributed by atoms with Crippen LogP contribution in [-0.2, 0) is 22.3 Å². The van der Waals surface area contributed by atoms with Crippen LogP contribution in [-0.4, -0.2) is 25.9 Å². The first-order chi connectivity index (χ1) is 10.6. The van der Waals surface area contributed by atoms with Crippen LogP contribution in [0.4, 0.5) is 0 Å². The third-order valence-corrected chi connectivity index (χ3v) is 5.75. The average Bonchev–Trinajstić information content (AvgIpc) is 2.72. The van der Waals surface area contributed by atoms with Crippen LogP contribution in [0.1, 0.15) is 11.1 Å². The number of rotatable bonds is 3. The molecule has 0 radical (unpaired) electrons. The molecule has 0 unspecified atom stereocenters. The molecule has 22 heavy (non-hydrogen) atoms. The summed E-state index contributed by atoms with van der Waals surface area (Å²) in [5, 5.41) is 0.470. The highest BCUT2D eigenvalue weighted by Crippen LogP contribution is 2.26. The lowest BCUT2D eigenvalue weighted by molar-refractivity contribution is 0.293. The van der Waals surface area contributed by atoms with Gasteiger partial charge in [0.1, 0.15) is 12.4 Å². The van der Waals surface area contributed by atoms with E-state index in [0.717, 1.165) is 11.3 Å². The molecule has 6 heteroatoms. The Morgan fingerprint density at radius 2 is 1.82 bits per heavy atom. The molecule has 4 nitrogen and oxygen atoms in total. The number of nitrogens with zero attached hydrogens (tertiary/aromatic N) is 1. The van der Waals surface area contributed by atoms with Gasteiger partial charge in [-0.3, -0.25) is 0 Å². The number of ether oxygens (including phenoxy) is 1. The van der Waals surface area contributed by atoms with E-state index in [-0.39, 0.29) is 5.75 Å². The molecule has 0 fully saturated rings. The largest absolute Gasteiger partial charge is 0.492 e. The Labute approximate surface area is 135 Å². The third kappa shape index (κ3) is 3.27. The van der Waals surface area contributed by atoms with Gasteiger partial charge in [0.05, 0.1) is 5.75 Å². The van der Waals surface area contributed by atoms with Crippen LogP contribution in [0.3, 0.4) is 0 Å². The van der Waals surface area contributed by atoms with Crippen LogP contribution in [0.15, 0.2) is 48.5 Å². The van der Waals surface area contributed by atoms with Crippen molar-refractivity contribution < 1.29 is 13.2 Å². The fourth-order valence-electron chi connectivity index (χ4n) is 2.44. The van der Waals surface area contributed by atoms with E-state index in [0.29, 0.717) is 30.3 Å². The van der Waals surface area contributed by atoms with E-state index >= 15 is 0 Å². The van der Waals surface area contributed by atoms with E-state index in [1.54, 1.807) is 24.3 Å². The molecule has 116 valence electrons. The number of fused-ring (bicyclic) bond motifs is 1. The van der Waals surface area contributed by atoms with Crippen molar-refractivity contribution in [3.8, 4) is 5.75 Å². The average molecular weight is 338 g/mol. The van der Waals surface area contributed by atoms with Gasteiger partial charge in [0.25, 0.3) is 0 Å². The molecule has 1 aliphatic rings. The van der Waals surface area contributed by atoms with Gasteiger partial charge in [0.15, 0.2) is 0 Å². The lowest BCUT2D eigenvalue weighted by Crippen LogP contribution is -2.33. The summed E-state index contributed by atoms with van der Waals surface area (Å²) in [6, 6.07) is 14.5. The summed E-state index contributed by atoms with van der Waals surface area (Å²) in [6.45, 7) is 1.00. The van der Waals surface area contributed by atoms with Crippen molar-refractivity contribution in [3.05, 3.63) is 64.7 Å². The van der Waals surface area contributed by atoms with Crippen molar-refractivity contribution in [3.63, 3.8) is 0 Å². The van der Waals surface area contributed by atoms with Gasteiger partial charge in [-0.2, -0.15) is 4.31 Å². The zero-order valence-electron chi connectivity index (χ0n) is 11.9. The van der Waals surface area contributed by atoms with Crippen LogP contribution in [0, 0.1) is 0 Å². The van der Waals surface area contributed by atoms with E-state index in [1.807, 2.05) is 24.3 Å². The number of sulfonamides is 1. The highest BCUT2D eigenvalue weighted by molar-refractivity contribution is 7.88. The van der Waals surface area contributed by atoms with E-state index in [9.17, 15) is 8.42 Å². The Kier molecular flexibility index (Phi) is 4.38. The lowest BCUT2D eigenvalue weighted by atomic mass is 10.2. The Morgan fingerprint density at radius 3 is 2.64 bits per heavy atom. The van der Waals surface area contributed by atoms with E-state index < -0.39 is 10.0 Å². The van der Waals surface area contributed by atoms with Crippen molar-refractivity contribution in [1.82, 2.24) is 4.31 Å². The molecule has 2 aromatic carbocycles. The van der Waals surface area contributed by atoms with Gasteiger partial charge in [-0.1, -0.05) is 48.0 Å². The van der Waals surface area contributed by atoms with Gasteiger partial charge in [-0.15, -0.1) is 0 Å². The van der Waals surface area contributed by atoms with Crippen molar-refractivity contribution in [2.24, 2.45) is 0 Å². The third-order valence-electron chi connectivity index (χ3n) is 3.61. The molecule has 0 aliphatic carbocycles. The first-order valence-corrected chi connectivity index (χ1v) is 8.97. The van der Waals surface area contributed by atoms with E-state index in [1.165, 1.54) is 4.31 Å². The fraction of sp³-hybridized carbons (Fsp3) is 0.250. The van der Waals surface area contributed by atoms with Crippen LogP contribution in [0.25, 0.3) is 0 Å². The summed E-state index contributed by atoms with van der Waals surface area (Å²) >= 11 is 6.07. The molecule has 0 amide bonds. The van der Waals surface area contributed by atoms with Gasteiger partial charge < -0.3 is 4.74 Å². The first-order valence-electron chi connectivity index (χ1n) is 6.98. The van der Waals surface area contributed by atoms with Gasteiger partial charge in [0, 0.05) is 23.7 Å². The Bertz CT molecular complexity index is 776. The van der Waals surface area contributed by atoms with Crippen molar-refractivity contribution in [2.45, 2.75) is 12.3 Å². The predicted molar refractivity (Wildman–Crippen MR) is 86.4 cm³/mol. The van der Waals surface area contributed by atoms with Crippen LogP contribution in [0.5, 0.6) is 5.75 Å². The fourth-order valence-corrected chi connectivity index (χ4v) is 4.24. The van der Waals surface area contributed by atoms with E-state index in [2.05, 4.69) is 0 Å². The number of halogens is 1. The molecule has 3 rings (SSSR count). The van der Waals surface area contributed by atoms with Crippen molar-refractivity contribution in [1.29, 1.82) is 0 Å². The molecule has 0 atom stereocenters. The summed E-state index contributed by atoms with van der Waals surface area (Å²) in [5.74, 6) is 0.646. The van der Waals surface area contributed by atoms with Crippen LogP contribution in [0.2, 0.25) is 5.02 Å². The second-order valence-electron chi connectivity index (χ2n) is 5.14. The first kappa shape index (κ1) is 15.3. The minimum absolute atomic E-state index is 0.102. The maximum Gasteiger partial charge on any atom is 0.218 e. The Hall–Kier alpha value is -1.56. The highest BCUT2D eigenvalue weighted by atomic mass is 35.5.